The minimum absolute atomic E-state index is 0.164. The number of ether oxygens (including phenoxy) is 2. The molecule has 8 atom stereocenters. The molecule has 2 aromatic carbocycles. The summed E-state index contributed by atoms with van der Waals surface area (Å²) in [5.74, 6) is -5.20. The highest BCUT2D eigenvalue weighted by Crippen LogP contribution is 2.77. The van der Waals surface area contributed by atoms with Crippen LogP contribution in [-0.2, 0) is 14.3 Å². The van der Waals surface area contributed by atoms with Gasteiger partial charge in [0.25, 0.3) is 0 Å². The number of hydrogen-bond donors (Lipinski definition) is 3. The predicted octanol–water partition coefficient (Wildman–Crippen LogP) is 3.76. The van der Waals surface area contributed by atoms with Gasteiger partial charge in [-0.1, -0.05) is 51.1 Å². The number of hydrogen-bond acceptors (Lipinski definition) is 11. The van der Waals surface area contributed by atoms with E-state index in [2.05, 4.69) is 10.4 Å². The van der Waals surface area contributed by atoms with Crippen LogP contribution in [0.4, 0.5) is 5.69 Å². The first-order valence-electron chi connectivity index (χ1n) is 15.1. The van der Waals surface area contributed by atoms with Gasteiger partial charge in [0.2, 0.25) is 0 Å². The molecule has 0 radical (unpaired) electrons. The van der Waals surface area contributed by atoms with Crippen molar-refractivity contribution >= 4 is 23.4 Å². The number of fused-ring (bicyclic) bond motifs is 5. The topological polar surface area (TPSA) is 158 Å². The van der Waals surface area contributed by atoms with Crippen molar-refractivity contribution < 1.29 is 39.2 Å². The van der Waals surface area contributed by atoms with Crippen molar-refractivity contribution in [3.05, 3.63) is 89.0 Å². The SMILES string of the molecule is CC1=C[C@H]2[C@@]3(O)[C@H](C)[C@@H](OC(=O)c4ccc(N5N=N5)cc4)[C@]4(OC(=O)c5ccccc5)[C@H]([C@@H]3C=C(CO)C[C@]2(O)C1=O)C4(C)C. The van der Waals surface area contributed by atoms with Crippen molar-refractivity contribution in [1.82, 2.24) is 0 Å². The first-order chi connectivity index (χ1) is 21.3. The van der Waals surface area contributed by atoms with Gasteiger partial charge in [-0.3, -0.25) is 4.79 Å². The van der Waals surface area contributed by atoms with Crippen LogP contribution in [0.1, 0.15) is 54.8 Å². The molecule has 7 rings (SSSR count). The fraction of sp³-hybridized carbons (Fsp3) is 0.441. The number of rotatable bonds is 6. The van der Waals surface area contributed by atoms with Crippen LogP contribution in [0, 0.1) is 29.1 Å². The summed E-state index contributed by atoms with van der Waals surface area (Å²) in [6.45, 7) is 6.65. The van der Waals surface area contributed by atoms with Crippen LogP contribution >= 0.6 is 0 Å². The van der Waals surface area contributed by atoms with E-state index in [1.807, 2.05) is 13.8 Å². The van der Waals surface area contributed by atoms with Crippen LogP contribution < -0.4 is 5.12 Å². The summed E-state index contributed by atoms with van der Waals surface area (Å²) in [6, 6.07) is 15.0. The Bertz CT molecular complexity index is 1700. The maximum absolute atomic E-state index is 13.8. The summed E-state index contributed by atoms with van der Waals surface area (Å²) in [4.78, 5) is 40.9. The van der Waals surface area contributed by atoms with Gasteiger partial charge in [-0.2, -0.15) is 0 Å². The molecule has 11 heteroatoms. The molecule has 234 valence electrons. The Morgan fingerprint density at radius 3 is 2.24 bits per heavy atom. The second-order valence-corrected chi connectivity index (χ2v) is 13.5. The Morgan fingerprint density at radius 1 is 0.978 bits per heavy atom. The normalized spacial score (nSPS) is 36.9. The number of benzene rings is 2. The molecule has 1 heterocycles. The molecule has 11 nitrogen and oxygen atoms in total. The fourth-order valence-corrected chi connectivity index (χ4v) is 8.65. The predicted molar refractivity (Wildman–Crippen MR) is 159 cm³/mol. The largest absolute Gasteiger partial charge is 0.454 e. The molecule has 0 bridgehead atoms. The summed E-state index contributed by atoms with van der Waals surface area (Å²) in [5, 5.41) is 44.1. The van der Waals surface area contributed by atoms with E-state index >= 15 is 0 Å². The molecule has 4 aliphatic carbocycles. The van der Waals surface area contributed by atoms with Gasteiger partial charge >= 0.3 is 11.9 Å². The summed E-state index contributed by atoms with van der Waals surface area (Å²) < 4.78 is 12.7. The van der Waals surface area contributed by atoms with Gasteiger partial charge in [-0.05, 0) is 64.9 Å². The number of carbonyl (C=O) groups is 3. The molecule has 2 saturated carbocycles. The van der Waals surface area contributed by atoms with Crippen molar-refractivity contribution in [2.24, 2.45) is 39.5 Å². The standard InChI is InChI=1S/C34H35N3O8/c1-18-14-25-32(42,27(18)39)16-20(17-38)15-24-26-31(3,4)34(26,45-30(41)21-8-6-5-7-9-21)28(19(2)33(24,25)43)44-29(40)22-10-12-23(13-11-22)37-35-36-37/h5-15,19,24-26,28,38,42-43H,16-17H2,1-4H3/t19-,24+,25-,26-,28-,32-,33-,34-/m1/s1. The van der Waals surface area contributed by atoms with E-state index < -0.39 is 76.3 Å². The highest BCUT2D eigenvalue weighted by atomic mass is 16.6. The fourth-order valence-electron chi connectivity index (χ4n) is 8.65. The lowest BCUT2D eigenvalue weighted by Gasteiger charge is -2.53. The number of aliphatic hydroxyl groups is 3. The van der Waals surface area contributed by atoms with Gasteiger partial charge in [0.05, 0.1) is 29.0 Å². The van der Waals surface area contributed by atoms with Crippen molar-refractivity contribution in [2.45, 2.75) is 57.0 Å². The molecule has 0 unspecified atom stereocenters. The van der Waals surface area contributed by atoms with Crippen molar-refractivity contribution in [3.63, 3.8) is 0 Å². The molecule has 45 heavy (non-hydrogen) atoms. The van der Waals surface area contributed by atoms with Crippen LogP contribution in [0.3, 0.4) is 0 Å². The lowest BCUT2D eigenvalue weighted by atomic mass is 9.59. The Morgan fingerprint density at radius 2 is 1.62 bits per heavy atom. The molecule has 1 aliphatic heterocycles. The summed E-state index contributed by atoms with van der Waals surface area (Å²) in [7, 11) is 0. The van der Waals surface area contributed by atoms with Crippen LogP contribution in [0.15, 0.2) is 88.3 Å². The van der Waals surface area contributed by atoms with E-state index in [4.69, 9.17) is 9.47 Å². The highest BCUT2D eigenvalue weighted by molar-refractivity contribution is 6.05. The zero-order valence-electron chi connectivity index (χ0n) is 25.4. The summed E-state index contributed by atoms with van der Waals surface area (Å²) in [5.41, 5.74) is -4.12. The number of esters is 2. The molecule has 0 spiro atoms. The van der Waals surface area contributed by atoms with E-state index in [-0.39, 0.29) is 12.0 Å². The quantitative estimate of drug-likeness (QED) is 0.326. The van der Waals surface area contributed by atoms with E-state index in [0.717, 1.165) is 0 Å². The van der Waals surface area contributed by atoms with Gasteiger partial charge in [-0.25, -0.2) is 9.59 Å². The lowest BCUT2D eigenvalue weighted by molar-refractivity contribution is -0.210. The first kappa shape index (κ1) is 29.5. The monoisotopic (exact) mass is 613 g/mol. The van der Waals surface area contributed by atoms with Gasteiger partial charge in [0, 0.05) is 35.5 Å². The second-order valence-electron chi connectivity index (χ2n) is 13.5. The second kappa shape index (κ2) is 9.65. The number of ketones is 1. The zero-order chi connectivity index (χ0) is 32.1. The van der Waals surface area contributed by atoms with E-state index in [0.29, 0.717) is 22.4 Å². The third-order valence-electron chi connectivity index (χ3n) is 11.0. The average Bonchev–Trinajstić information content (AvgIpc) is 3.94. The van der Waals surface area contributed by atoms with Crippen molar-refractivity contribution in [3.8, 4) is 0 Å². The van der Waals surface area contributed by atoms with Crippen molar-refractivity contribution in [2.75, 3.05) is 11.7 Å². The van der Waals surface area contributed by atoms with Crippen LogP contribution in [-0.4, -0.2) is 62.6 Å². The molecular formula is C34H35N3O8. The maximum Gasteiger partial charge on any atom is 0.338 e. The highest BCUT2D eigenvalue weighted by Gasteiger charge is 2.88. The van der Waals surface area contributed by atoms with E-state index in [1.165, 1.54) is 5.12 Å². The Labute approximate surface area is 259 Å². The first-order valence-corrected chi connectivity index (χ1v) is 15.1. The molecule has 0 amide bonds. The molecule has 5 aliphatic rings. The number of Topliss-reactive ketones (excluding diaryl/α,β-unsaturated/α-hetero) is 1. The molecule has 0 saturated heterocycles. The van der Waals surface area contributed by atoms with Gasteiger partial charge in [0.1, 0.15) is 11.7 Å². The Kier molecular flexibility index (Phi) is 6.33. The minimum Gasteiger partial charge on any atom is -0.454 e. The molecule has 0 aromatic heterocycles. The van der Waals surface area contributed by atoms with Gasteiger partial charge < -0.3 is 24.8 Å². The van der Waals surface area contributed by atoms with Crippen LogP contribution in [0.25, 0.3) is 0 Å². The maximum atomic E-state index is 13.8. The third-order valence-corrected chi connectivity index (χ3v) is 11.0. The third kappa shape index (κ3) is 3.96. The minimum atomic E-state index is -2.01. The van der Waals surface area contributed by atoms with Crippen LogP contribution in [0.5, 0.6) is 0 Å². The molecular weight excluding hydrogens is 578 g/mol. The Balaban J connectivity index is 1.35. The smallest absolute Gasteiger partial charge is 0.338 e. The van der Waals surface area contributed by atoms with Crippen molar-refractivity contribution in [1.29, 1.82) is 0 Å². The van der Waals surface area contributed by atoms with E-state index in [9.17, 15) is 29.7 Å². The average molecular weight is 614 g/mol. The number of carbonyl (C=O) groups excluding carboxylic acids is 3. The molecule has 2 fully saturated rings. The van der Waals surface area contributed by atoms with Gasteiger partial charge in [-0.15, -0.1) is 5.12 Å². The molecule has 2 aromatic rings. The lowest BCUT2D eigenvalue weighted by Crippen LogP contribution is -2.66. The van der Waals surface area contributed by atoms with Gasteiger partial charge in [0.15, 0.2) is 11.4 Å². The zero-order valence-corrected chi connectivity index (χ0v) is 25.4. The Hall–Kier alpha value is -4.19. The molecule has 3 N–H and O–H groups in total. The van der Waals surface area contributed by atoms with E-state index in [1.54, 1.807) is 80.6 Å². The number of nitrogens with zero attached hydrogens (tertiary/aromatic N) is 3. The number of aliphatic hydroxyl groups excluding tert-OH is 1. The number of anilines is 1. The summed E-state index contributed by atoms with van der Waals surface area (Å²) in [6.07, 6.45) is 1.99. The van der Waals surface area contributed by atoms with Crippen LogP contribution in [0.2, 0.25) is 0 Å². The summed E-state index contributed by atoms with van der Waals surface area (Å²) >= 11 is 0.